The fourth-order valence-electron chi connectivity index (χ4n) is 4.30. The van der Waals surface area contributed by atoms with Gasteiger partial charge in [0, 0.05) is 10.8 Å². The minimum atomic E-state index is -4.61. The van der Waals surface area contributed by atoms with Crippen LogP contribution in [0, 0.1) is 5.92 Å². The highest BCUT2D eigenvalue weighted by atomic mass is 19.4. The third-order valence-corrected chi connectivity index (χ3v) is 5.76. The number of alkyl halides is 3. The molecule has 0 spiro atoms. The van der Waals surface area contributed by atoms with Gasteiger partial charge in [-0.05, 0) is 18.1 Å². The molecule has 6 nitrogen and oxygen atoms in total. The van der Waals surface area contributed by atoms with Crippen molar-refractivity contribution in [1.82, 2.24) is 14.8 Å². The van der Waals surface area contributed by atoms with E-state index < -0.39 is 35.6 Å². The highest BCUT2D eigenvalue weighted by Gasteiger charge is 2.41. The van der Waals surface area contributed by atoms with Crippen LogP contribution in [0.4, 0.5) is 13.2 Å². The first kappa shape index (κ1) is 19.9. The Balaban J connectivity index is 2.05. The fraction of sp³-hybridized carbons (Fsp3) is 0.286. The van der Waals surface area contributed by atoms with Crippen molar-refractivity contribution in [3.63, 3.8) is 0 Å². The summed E-state index contributed by atoms with van der Waals surface area (Å²) < 4.78 is 40.5. The van der Waals surface area contributed by atoms with E-state index in [1.54, 1.807) is 36.4 Å². The van der Waals surface area contributed by atoms with Gasteiger partial charge in [0.1, 0.15) is 6.54 Å². The van der Waals surface area contributed by atoms with Crippen LogP contribution < -0.4 is 5.56 Å². The average Bonchev–Trinajstić information content (AvgIpc) is 3.20. The van der Waals surface area contributed by atoms with E-state index in [1.807, 2.05) is 6.92 Å². The maximum absolute atomic E-state index is 13.3. The van der Waals surface area contributed by atoms with E-state index >= 15 is 0 Å². The van der Waals surface area contributed by atoms with Crippen molar-refractivity contribution >= 4 is 27.8 Å². The van der Waals surface area contributed by atoms with Gasteiger partial charge in [-0.15, -0.1) is 0 Å². The Kier molecular flexibility index (Phi) is 4.56. The molecule has 156 valence electrons. The van der Waals surface area contributed by atoms with Crippen LogP contribution in [-0.2, 0) is 16.8 Å². The number of carbonyl (C=O) groups is 1. The van der Waals surface area contributed by atoms with E-state index in [1.165, 1.54) is 12.3 Å². The van der Waals surface area contributed by atoms with Gasteiger partial charge < -0.3 is 5.11 Å². The van der Waals surface area contributed by atoms with Crippen LogP contribution in [0.2, 0.25) is 0 Å². The number of aromatic amines is 1. The molecule has 0 bridgehead atoms. The average molecular weight is 417 g/mol. The minimum absolute atomic E-state index is 0.0635. The first-order valence-electron chi connectivity index (χ1n) is 9.33. The molecule has 1 aliphatic carbocycles. The van der Waals surface area contributed by atoms with Crippen molar-refractivity contribution < 1.29 is 23.1 Å². The molecule has 4 rings (SSSR count). The van der Waals surface area contributed by atoms with Crippen molar-refractivity contribution in [3.05, 3.63) is 64.6 Å². The molecule has 2 heterocycles. The zero-order valence-corrected chi connectivity index (χ0v) is 15.9. The second-order valence-corrected chi connectivity index (χ2v) is 7.35. The second-order valence-electron chi connectivity index (χ2n) is 7.35. The summed E-state index contributed by atoms with van der Waals surface area (Å²) in [6.45, 7) is 0.370. The van der Waals surface area contributed by atoms with Crippen molar-refractivity contribution in [1.29, 1.82) is 0 Å². The van der Waals surface area contributed by atoms with Crippen LogP contribution in [-0.4, -0.2) is 32.0 Å². The molecule has 1 aliphatic rings. The normalized spacial score (nSPS) is 21.5. The van der Waals surface area contributed by atoms with Gasteiger partial charge in [0.15, 0.2) is 0 Å². The Morgan fingerprint density at radius 2 is 2.07 bits per heavy atom. The Morgan fingerprint density at radius 1 is 1.30 bits per heavy atom. The summed E-state index contributed by atoms with van der Waals surface area (Å²) in [6.07, 6.45) is 3.71. The van der Waals surface area contributed by atoms with Crippen LogP contribution >= 0.6 is 0 Å². The largest absolute Gasteiger partial charge is 0.481 e. The number of pyridine rings is 1. The van der Waals surface area contributed by atoms with Crippen molar-refractivity contribution in [2.24, 2.45) is 5.92 Å². The fourth-order valence-corrected chi connectivity index (χ4v) is 4.30. The summed E-state index contributed by atoms with van der Waals surface area (Å²) >= 11 is 0. The molecule has 9 heteroatoms. The topological polar surface area (TPSA) is 88.0 Å². The van der Waals surface area contributed by atoms with E-state index in [0.29, 0.717) is 27.5 Å². The van der Waals surface area contributed by atoms with E-state index in [9.17, 15) is 27.9 Å². The Bertz CT molecular complexity index is 1270. The number of aliphatic carboxylic acids is 1. The molecular formula is C21H18F3N3O3. The summed E-state index contributed by atoms with van der Waals surface area (Å²) in [5.41, 5.74) is -0.803. The van der Waals surface area contributed by atoms with Gasteiger partial charge >= 0.3 is 12.1 Å². The molecule has 0 aliphatic heterocycles. The zero-order valence-electron chi connectivity index (χ0n) is 15.9. The molecule has 1 aromatic carbocycles. The molecular weight excluding hydrogens is 399 g/mol. The highest BCUT2D eigenvalue weighted by molar-refractivity contribution is 6.03. The van der Waals surface area contributed by atoms with Crippen LogP contribution in [0.3, 0.4) is 0 Å². The van der Waals surface area contributed by atoms with Crippen molar-refractivity contribution in [2.45, 2.75) is 31.5 Å². The van der Waals surface area contributed by atoms with Gasteiger partial charge in [0.05, 0.1) is 28.5 Å². The summed E-state index contributed by atoms with van der Waals surface area (Å²) in [5, 5.41) is 16.7. The predicted octanol–water partition coefficient (Wildman–Crippen LogP) is 3.91. The highest BCUT2D eigenvalue weighted by Crippen LogP contribution is 2.42. The van der Waals surface area contributed by atoms with Crippen molar-refractivity contribution in [2.75, 3.05) is 0 Å². The number of allylic oxidation sites excluding steroid dienone is 3. The molecule has 3 aromatic rings. The van der Waals surface area contributed by atoms with E-state index in [4.69, 9.17) is 0 Å². The summed E-state index contributed by atoms with van der Waals surface area (Å²) in [4.78, 5) is 24.7. The smallest absolute Gasteiger partial charge is 0.406 e. The maximum atomic E-state index is 13.3. The number of aromatic nitrogens is 3. The van der Waals surface area contributed by atoms with Gasteiger partial charge in [-0.2, -0.15) is 18.3 Å². The van der Waals surface area contributed by atoms with E-state index in [0.717, 1.165) is 0 Å². The molecule has 30 heavy (non-hydrogen) atoms. The molecule has 2 aromatic heterocycles. The maximum Gasteiger partial charge on any atom is 0.406 e. The van der Waals surface area contributed by atoms with Crippen LogP contribution in [0.5, 0.6) is 0 Å². The van der Waals surface area contributed by atoms with Gasteiger partial charge in [-0.3, -0.25) is 19.3 Å². The third-order valence-electron chi connectivity index (χ3n) is 5.76. The monoisotopic (exact) mass is 417 g/mol. The van der Waals surface area contributed by atoms with Crippen molar-refractivity contribution in [3.8, 4) is 0 Å². The van der Waals surface area contributed by atoms with E-state index in [-0.39, 0.29) is 10.9 Å². The lowest BCUT2D eigenvalue weighted by molar-refractivity contribution is -0.142. The number of hydrogen-bond acceptors (Lipinski definition) is 3. The van der Waals surface area contributed by atoms with E-state index in [2.05, 4.69) is 10.2 Å². The molecule has 0 fully saturated rings. The zero-order chi connectivity index (χ0) is 21.7. The third kappa shape index (κ3) is 3.01. The first-order chi connectivity index (χ1) is 14.2. The molecule has 2 atom stereocenters. The number of nitrogens with one attached hydrogen (secondary N) is 1. The number of H-pyrrole nitrogens is 1. The Labute approximate surface area is 168 Å². The Hall–Kier alpha value is -3.36. The number of fused-ring (bicyclic) bond motifs is 3. The lowest BCUT2D eigenvalue weighted by atomic mass is 9.66. The first-order valence-corrected chi connectivity index (χ1v) is 9.33. The molecule has 0 radical (unpaired) electrons. The van der Waals surface area contributed by atoms with Gasteiger partial charge in [0.25, 0.3) is 5.56 Å². The number of halogens is 3. The lowest BCUT2D eigenvalue weighted by Gasteiger charge is -2.36. The quantitative estimate of drug-likeness (QED) is 0.674. The minimum Gasteiger partial charge on any atom is -0.481 e. The van der Waals surface area contributed by atoms with Crippen LogP contribution in [0.25, 0.3) is 21.8 Å². The number of carboxylic acids is 1. The number of nitrogens with zero attached hydrogens (tertiary/aromatic N) is 2. The molecule has 0 saturated carbocycles. The number of benzene rings is 1. The summed E-state index contributed by atoms with van der Waals surface area (Å²) in [5.74, 6) is -1.92. The molecule has 2 N–H and O–H groups in total. The second kappa shape index (κ2) is 6.86. The molecule has 2 unspecified atom stereocenters. The summed E-state index contributed by atoms with van der Waals surface area (Å²) in [7, 11) is 0. The molecule has 0 saturated heterocycles. The standard InChI is InChI=1S/C21H18F3N3O3/c1-2-20(8-4-3-5-15(20)19(29)30)12-6-7-13-16(9-12)27(11-21(22,23)24)18(28)14-10-25-26-17(13)14/h3-10,15H,2,11H2,1H3,(H,25,26)(H,29,30). The summed E-state index contributed by atoms with van der Waals surface area (Å²) in [6, 6.07) is 4.81. The van der Waals surface area contributed by atoms with Gasteiger partial charge in [0.2, 0.25) is 0 Å². The van der Waals surface area contributed by atoms with Gasteiger partial charge in [-0.25, -0.2) is 0 Å². The van der Waals surface area contributed by atoms with Gasteiger partial charge in [-0.1, -0.05) is 43.4 Å². The predicted molar refractivity (Wildman–Crippen MR) is 105 cm³/mol. The van der Waals surface area contributed by atoms with Crippen LogP contribution in [0.15, 0.2) is 53.5 Å². The lowest BCUT2D eigenvalue weighted by Crippen LogP contribution is -2.38. The Morgan fingerprint density at radius 3 is 2.73 bits per heavy atom. The molecule has 0 amide bonds. The SMILES string of the molecule is CCC1(c2ccc3c4[nH]ncc4c(=O)n(CC(F)(F)F)c3c2)C=CC=CC1C(=O)O. The number of carboxylic acid groups (broad SMARTS) is 1. The number of rotatable bonds is 4. The van der Waals surface area contributed by atoms with Crippen LogP contribution in [0.1, 0.15) is 18.9 Å². The number of hydrogen-bond donors (Lipinski definition) is 2.